The number of benzene rings is 2. The highest BCUT2D eigenvalue weighted by molar-refractivity contribution is 6.33. The van der Waals surface area contributed by atoms with Crippen LogP contribution in [0.15, 0.2) is 42.5 Å². The molecule has 1 N–H and O–H groups in total. The van der Waals surface area contributed by atoms with E-state index in [1.807, 2.05) is 26.2 Å². The zero-order valence-electron chi connectivity index (χ0n) is 11.6. The fourth-order valence-electron chi connectivity index (χ4n) is 2.17. The SMILES string of the molecule is CNCc1cccc(Cl)c1N(C)c1ccc(C)cc1. The summed E-state index contributed by atoms with van der Waals surface area (Å²) < 4.78 is 0. The standard InChI is InChI=1S/C16H19ClN2/c1-12-7-9-14(10-8-12)19(3)16-13(11-18-2)5-4-6-15(16)17/h4-10,18H,11H2,1-3H3. The van der Waals surface area contributed by atoms with Crippen molar-refractivity contribution >= 4 is 23.0 Å². The van der Waals surface area contributed by atoms with Crippen molar-refractivity contribution in [1.82, 2.24) is 5.32 Å². The molecular weight excluding hydrogens is 256 g/mol. The summed E-state index contributed by atoms with van der Waals surface area (Å²) in [5.74, 6) is 0. The topological polar surface area (TPSA) is 15.3 Å². The summed E-state index contributed by atoms with van der Waals surface area (Å²) in [5.41, 5.74) is 4.64. The molecule has 0 atom stereocenters. The molecule has 0 aromatic heterocycles. The summed E-state index contributed by atoms with van der Waals surface area (Å²) in [5, 5.41) is 3.96. The Morgan fingerprint density at radius 1 is 1.11 bits per heavy atom. The van der Waals surface area contributed by atoms with Crippen LogP contribution in [0.2, 0.25) is 5.02 Å². The molecule has 0 heterocycles. The molecule has 0 spiro atoms. The number of hydrogen-bond donors (Lipinski definition) is 1. The van der Waals surface area contributed by atoms with Crippen molar-refractivity contribution in [3.8, 4) is 0 Å². The minimum absolute atomic E-state index is 0.774. The van der Waals surface area contributed by atoms with Crippen molar-refractivity contribution in [3.63, 3.8) is 0 Å². The quantitative estimate of drug-likeness (QED) is 0.902. The Morgan fingerprint density at radius 3 is 2.42 bits per heavy atom. The van der Waals surface area contributed by atoms with Gasteiger partial charge in [0.05, 0.1) is 10.7 Å². The first-order valence-electron chi connectivity index (χ1n) is 6.36. The Morgan fingerprint density at radius 2 is 1.79 bits per heavy atom. The molecule has 100 valence electrons. The molecule has 2 nitrogen and oxygen atoms in total. The number of nitrogens with one attached hydrogen (secondary N) is 1. The summed E-state index contributed by atoms with van der Waals surface area (Å²) in [6.07, 6.45) is 0. The minimum Gasteiger partial charge on any atom is -0.343 e. The Kier molecular flexibility index (Phi) is 4.46. The number of nitrogens with zero attached hydrogens (tertiary/aromatic N) is 1. The van der Waals surface area contributed by atoms with Gasteiger partial charge in [-0.15, -0.1) is 0 Å². The van der Waals surface area contributed by atoms with E-state index >= 15 is 0 Å². The van der Waals surface area contributed by atoms with E-state index in [1.165, 1.54) is 11.1 Å². The summed E-state index contributed by atoms with van der Waals surface area (Å²) in [4.78, 5) is 2.13. The van der Waals surface area contributed by atoms with Crippen LogP contribution in [0.1, 0.15) is 11.1 Å². The van der Waals surface area contributed by atoms with Gasteiger partial charge in [-0.1, -0.05) is 41.4 Å². The van der Waals surface area contributed by atoms with Gasteiger partial charge in [0, 0.05) is 19.3 Å². The van der Waals surface area contributed by atoms with E-state index in [0.29, 0.717) is 0 Å². The van der Waals surface area contributed by atoms with Crippen LogP contribution in [0.25, 0.3) is 0 Å². The van der Waals surface area contributed by atoms with Crippen molar-refractivity contribution < 1.29 is 0 Å². The van der Waals surface area contributed by atoms with Crippen molar-refractivity contribution in [2.45, 2.75) is 13.5 Å². The molecule has 0 unspecified atom stereocenters. The van der Waals surface area contributed by atoms with Crippen LogP contribution in [-0.4, -0.2) is 14.1 Å². The lowest BCUT2D eigenvalue weighted by Gasteiger charge is -2.24. The monoisotopic (exact) mass is 274 g/mol. The lowest BCUT2D eigenvalue weighted by molar-refractivity contribution is 0.816. The number of para-hydroxylation sites is 1. The summed E-state index contributed by atoms with van der Waals surface area (Å²) in [6, 6.07) is 14.5. The third kappa shape index (κ3) is 3.09. The van der Waals surface area contributed by atoms with Crippen LogP contribution in [0.4, 0.5) is 11.4 Å². The fraction of sp³-hybridized carbons (Fsp3) is 0.250. The Hall–Kier alpha value is -1.51. The first-order chi connectivity index (χ1) is 9.13. The van der Waals surface area contributed by atoms with Crippen molar-refractivity contribution in [3.05, 3.63) is 58.6 Å². The number of halogens is 1. The molecule has 19 heavy (non-hydrogen) atoms. The summed E-state index contributed by atoms with van der Waals surface area (Å²) >= 11 is 6.37. The summed E-state index contributed by atoms with van der Waals surface area (Å²) in [6.45, 7) is 2.89. The maximum absolute atomic E-state index is 6.37. The van der Waals surface area contributed by atoms with Crippen LogP contribution >= 0.6 is 11.6 Å². The van der Waals surface area contributed by atoms with Crippen molar-refractivity contribution in [2.75, 3.05) is 19.0 Å². The average molecular weight is 275 g/mol. The van der Waals surface area contributed by atoms with Crippen molar-refractivity contribution in [1.29, 1.82) is 0 Å². The van der Waals surface area contributed by atoms with E-state index in [0.717, 1.165) is 22.9 Å². The molecule has 0 saturated carbocycles. The van der Waals surface area contributed by atoms with E-state index in [4.69, 9.17) is 11.6 Å². The first kappa shape index (κ1) is 13.9. The highest BCUT2D eigenvalue weighted by Crippen LogP contribution is 2.33. The highest BCUT2D eigenvalue weighted by Gasteiger charge is 2.12. The highest BCUT2D eigenvalue weighted by atomic mass is 35.5. The van der Waals surface area contributed by atoms with Gasteiger partial charge in [0.15, 0.2) is 0 Å². The van der Waals surface area contributed by atoms with Gasteiger partial charge in [-0.05, 0) is 37.7 Å². The summed E-state index contributed by atoms with van der Waals surface area (Å²) in [7, 11) is 3.99. The van der Waals surface area contributed by atoms with Crippen LogP contribution < -0.4 is 10.2 Å². The van der Waals surface area contributed by atoms with E-state index in [1.54, 1.807) is 0 Å². The predicted molar refractivity (Wildman–Crippen MR) is 83.5 cm³/mol. The minimum atomic E-state index is 0.774. The normalized spacial score (nSPS) is 10.5. The van der Waals surface area contributed by atoms with E-state index in [9.17, 15) is 0 Å². The van der Waals surface area contributed by atoms with Gasteiger partial charge in [-0.2, -0.15) is 0 Å². The second-order valence-corrected chi connectivity index (χ2v) is 5.08. The van der Waals surface area contributed by atoms with Gasteiger partial charge in [0.1, 0.15) is 0 Å². The van der Waals surface area contributed by atoms with Crippen LogP contribution in [0.3, 0.4) is 0 Å². The predicted octanol–water partition coefficient (Wildman–Crippen LogP) is 4.14. The molecule has 0 bridgehead atoms. The van der Waals surface area contributed by atoms with Gasteiger partial charge < -0.3 is 10.2 Å². The molecule has 0 aliphatic carbocycles. The number of aryl methyl sites for hydroxylation is 1. The first-order valence-corrected chi connectivity index (χ1v) is 6.73. The Balaban J connectivity index is 2.42. The van der Waals surface area contributed by atoms with Crippen molar-refractivity contribution in [2.24, 2.45) is 0 Å². The second kappa shape index (κ2) is 6.09. The van der Waals surface area contributed by atoms with E-state index < -0.39 is 0 Å². The molecule has 0 fully saturated rings. The average Bonchev–Trinajstić information content (AvgIpc) is 2.39. The maximum Gasteiger partial charge on any atom is 0.0646 e. The smallest absolute Gasteiger partial charge is 0.0646 e. The number of rotatable bonds is 4. The number of hydrogen-bond acceptors (Lipinski definition) is 2. The van der Waals surface area contributed by atoms with Gasteiger partial charge in [0.25, 0.3) is 0 Å². The fourth-order valence-corrected chi connectivity index (χ4v) is 2.49. The lowest BCUT2D eigenvalue weighted by atomic mass is 10.1. The molecule has 3 heteroatoms. The molecule has 0 radical (unpaired) electrons. The third-order valence-electron chi connectivity index (χ3n) is 3.19. The molecule has 2 aromatic rings. The van der Waals surface area contributed by atoms with Crippen LogP contribution in [-0.2, 0) is 6.54 Å². The van der Waals surface area contributed by atoms with Gasteiger partial charge in [-0.25, -0.2) is 0 Å². The largest absolute Gasteiger partial charge is 0.343 e. The molecular formula is C16H19ClN2. The molecule has 0 aliphatic heterocycles. The van der Waals surface area contributed by atoms with Gasteiger partial charge >= 0.3 is 0 Å². The van der Waals surface area contributed by atoms with Crippen LogP contribution in [0.5, 0.6) is 0 Å². The van der Waals surface area contributed by atoms with Gasteiger partial charge in [-0.3, -0.25) is 0 Å². The Labute approximate surface area is 120 Å². The number of anilines is 2. The zero-order valence-corrected chi connectivity index (χ0v) is 12.3. The Bertz CT molecular complexity index is 549. The van der Waals surface area contributed by atoms with Crippen LogP contribution in [0, 0.1) is 6.92 Å². The molecule has 2 rings (SSSR count). The molecule has 0 saturated heterocycles. The lowest BCUT2D eigenvalue weighted by Crippen LogP contribution is -2.15. The molecule has 0 amide bonds. The molecule has 2 aromatic carbocycles. The third-order valence-corrected chi connectivity index (χ3v) is 3.50. The van der Waals surface area contributed by atoms with Gasteiger partial charge in [0.2, 0.25) is 0 Å². The van der Waals surface area contributed by atoms with E-state index in [-0.39, 0.29) is 0 Å². The van der Waals surface area contributed by atoms with E-state index in [2.05, 4.69) is 47.5 Å². The zero-order chi connectivity index (χ0) is 13.8. The molecule has 0 aliphatic rings. The maximum atomic E-state index is 6.37. The second-order valence-electron chi connectivity index (χ2n) is 4.67.